The minimum absolute atomic E-state index is 0.0265. The van der Waals surface area contributed by atoms with Crippen molar-refractivity contribution in [1.29, 1.82) is 0 Å². The molecule has 1 N–H and O–H groups in total. The fraction of sp³-hybridized carbons (Fsp3) is 0.267. The van der Waals surface area contributed by atoms with Crippen LogP contribution >= 0.6 is 11.8 Å². The third-order valence-corrected chi connectivity index (χ3v) is 6.98. The molecule has 0 spiro atoms. The monoisotopic (exact) mass is 483 g/mol. The van der Waals surface area contributed by atoms with E-state index in [0.29, 0.717) is 12.1 Å². The van der Waals surface area contributed by atoms with Gasteiger partial charge in [0.15, 0.2) is 5.16 Å². The van der Waals surface area contributed by atoms with E-state index in [1.807, 2.05) is 36.4 Å². The van der Waals surface area contributed by atoms with Gasteiger partial charge in [-0.05, 0) is 37.5 Å². The third-order valence-electron chi connectivity index (χ3n) is 6.00. The normalized spacial score (nSPS) is 10.9. The van der Waals surface area contributed by atoms with E-state index in [2.05, 4.69) is 72.3 Å². The summed E-state index contributed by atoms with van der Waals surface area (Å²) in [4.78, 5) is 17.6. The summed E-state index contributed by atoms with van der Waals surface area (Å²) in [5.41, 5.74) is 6.39. The quantitative estimate of drug-likeness (QED) is 0.183. The lowest BCUT2D eigenvalue weighted by Crippen LogP contribution is -2.25. The molecule has 0 saturated heterocycles. The number of benzene rings is 3. The number of hydrogen-bond donors (Lipinski definition) is 1. The fourth-order valence-electron chi connectivity index (χ4n) is 4.13. The number of nitrogens with one attached hydrogen (secondary N) is 1. The molecule has 4 aromatic rings. The molecular weight excluding hydrogens is 450 g/mol. The highest BCUT2D eigenvalue weighted by molar-refractivity contribution is 7.99. The Morgan fingerprint density at radius 1 is 0.886 bits per heavy atom. The van der Waals surface area contributed by atoms with Gasteiger partial charge >= 0.3 is 0 Å². The molecule has 1 heterocycles. The van der Waals surface area contributed by atoms with Crippen LogP contribution in [0, 0.1) is 0 Å². The summed E-state index contributed by atoms with van der Waals surface area (Å²) in [6.45, 7) is 5.75. The number of unbranched alkanes of at least 4 members (excludes halogenated alkanes) is 1. The summed E-state index contributed by atoms with van der Waals surface area (Å²) in [5, 5.41) is 4.03. The van der Waals surface area contributed by atoms with Gasteiger partial charge in [-0.2, -0.15) is 0 Å². The number of rotatable bonds is 11. The first-order chi connectivity index (χ1) is 17.2. The number of thioether (sulfide) groups is 1. The molecule has 0 bridgehead atoms. The molecule has 0 radical (unpaired) electrons. The molecular formula is C30H33N3OS. The molecule has 0 aliphatic carbocycles. The number of hydrogen-bond acceptors (Lipinski definition) is 3. The lowest BCUT2D eigenvalue weighted by molar-refractivity contribution is 0.0956. The average Bonchev–Trinajstić information content (AvgIpc) is 3.29. The number of nitrogens with zero attached hydrogens (tertiary/aromatic N) is 2. The molecule has 0 aliphatic rings. The van der Waals surface area contributed by atoms with E-state index in [1.54, 1.807) is 11.8 Å². The van der Waals surface area contributed by atoms with Gasteiger partial charge in [0.2, 0.25) is 0 Å². The van der Waals surface area contributed by atoms with Gasteiger partial charge in [-0.3, -0.25) is 4.79 Å². The van der Waals surface area contributed by atoms with Gasteiger partial charge in [-0.1, -0.05) is 97.9 Å². The Balaban J connectivity index is 1.45. The lowest BCUT2D eigenvalue weighted by atomic mass is 10.0. The first-order valence-electron chi connectivity index (χ1n) is 12.4. The van der Waals surface area contributed by atoms with Crippen LogP contribution in [-0.2, 0) is 13.0 Å². The van der Waals surface area contributed by atoms with Gasteiger partial charge in [-0.25, -0.2) is 4.98 Å². The predicted octanol–water partition coefficient (Wildman–Crippen LogP) is 7.10. The Morgan fingerprint density at radius 2 is 1.54 bits per heavy atom. The van der Waals surface area contributed by atoms with Gasteiger partial charge < -0.3 is 9.88 Å². The minimum Gasteiger partial charge on any atom is -0.351 e. The Hall–Kier alpha value is -3.31. The summed E-state index contributed by atoms with van der Waals surface area (Å²) in [6, 6.07) is 28.8. The highest BCUT2D eigenvalue weighted by Gasteiger charge is 2.19. The molecule has 5 heteroatoms. The van der Waals surface area contributed by atoms with Gasteiger partial charge in [0.25, 0.3) is 5.91 Å². The second-order valence-corrected chi connectivity index (χ2v) is 9.53. The van der Waals surface area contributed by atoms with Crippen LogP contribution in [0.15, 0.2) is 90.1 Å². The SMILES string of the molecule is CCCCc1ccc(C(=O)NCCSc2nc(-c3ccccc3)c(-c3ccccc3)n2CC)cc1. The molecule has 1 amide bonds. The highest BCUT2D eigenvalue weighted by Crippen LogP contribution is 2.35. The zero-order chi connectivity index (χ0) is 24.5. The van der Waals surface area contributed by atoms with Gasteiger partial charge in [0.05, 0.1) is 11.4 Å². The molecule has 35 heavy (non-hydrogen) atoms. The van der Waals surface area contributed by atoms with Crippen molar-refractivity contribution in [1.82, 2.24) is 14.9 Å². The standard InChI is InChI=1S/C30H33N3OS/c1-3-5-12-23-17-19-26(20-18-23)29(34)31-21-22-35-30-32-27(24-13-8-6-9-14-24)28(33(30)4-2)25-15-10-7-11-16-25/h6-11,13-20H,3-5,12,21-22H2,1-2H3,(H,31,34). The molecule has 0 aliphatic heterocycles. The van der Waals surface area contributed by atoms with Crippen LogP contribution < -0.4 is 5.32 Å². The molecule has 3 aromatic carbocycles. The van der Waals surface area contributed by atoms with E-state index in [-0.39, 0.29) is 5.91 Å². The maximum atomic E-state index is 12.6. The van der Waals surface area contributed by atoms with Crippen molar-refractivity contribution in [3.8, 4) is 22.5 Å². The maximum Gasteiger partial charge on any atom is 0.251 e. The van der Waals surface area contributed by atoms with Crippen LogP contribution in [0.1, 0.15) is 42.6 Å². The van der Waals surface area contributed by atoms with Crippen LogP contribution in [0.2, 0.25) is 0 Å². The van der Waals surface area contributed by atoms with E-state index >= 15 is 0 Å². The molecule has 1 aromatic heterocycles. The maximum absolute atomic E-state index is 12.6. The van der Waals surface area contributed by atoms with Crippen molar-refractivity contribution in [3.05, 3.63) is 96.1 Å². The second kappa shape index (κ2) is 12.4. The zero-order valence-corrected chi connectivity index (χ0v) is 21.4. The number of carbonyl (C=O) groups excluding carboxylic acids is 1. The second-order valence-electron chi connectivity index (χ2n) is 8.47. The number of carbonyl (C=O) groups is 1. The molecule has 0 unspecified atom stereocenters. The fourth-order valence-corrected chi connectivity index (χ4v) is 5.05. The molecule has 4 nitrogen and oxygen atoms in total. The van der Waals surface area contributed by atoms with Crippen molar-refractivity contribution in [2.75, 3.05) is 12.3 Å². The Kier molecular flexibility index (Phi) is 8.79. The molecule has 0 fully saturated rings. The minimum atomic E-state index is -0.0265. The van der Waals surface area contributed by atoms with Crippen LogP contribution in [0.4, 0.5) is 0 Å². The van der Waals surface area contributed by atoms with Crippen LogP contribution in [-0.4, -0.2) is 27.8 Å². The van der Waals surface area contributed by atoms with E-state index < -0.39 is 0 Å². The first kappa shape index (κ1) is 24.8. The van der Waals surface area contributed by atoms with Crippen molar-refractivity contribution >= 4 is 17.7 Å². The van der Waals surface area contributed by atoms with Crippen molar-refractivity contribution in [2.24, 2.45) is 0 Å². The van der Waals surface area contributed by atoms with Gasteiger partial charge in [0, 0.05) is 35.5 Å². The summed E-state index contributed by atoms with van der Waals surface area (Å²) in [5.74, 6) is 0.723. The third kappa shape index (κ3) is 6.23. The van der Waals surface area contributed by atoms with Crippen LogP contribution in [0.25, 0.3) is 22.5 Å². The number of aromatic nitrogens is 2. The lowest BCUT2D eigenvalue weighted by Gasteiger charge is -2.11. The van der Waals surface area contributed by atoms with E-state index in [0.717, 1.165) is 46.4 Å². The van der Waals surface area contributed by atoms with E-state index in [4.69, 9.17) is 4.98 Å². The number of imidazole rings is 1. The summed E-state index contributed by atoms with van der Waals surface area (Å²) in [7, 11) is 0. The first-order valence-corrected chi connectivity index (χ1v) is 13.4. The Labute approximate surface area is 212 Å². The molecule has 0 saturated carbocycles. The Bertz CT molecular complexity index is 1220. The van der Waals surface area contributed by atoms with E-state index in [9.17, 15) is 4.79 Å². The van der Waals surface area contributed by atoms with Crippen molar-refractivity contribution < 1.29 is 4.79 Å². The molecule has 4 rings (SSSR count). The molecule has 0 atom stereocenters. The Morgan fingerprint density at radius 3 is 2.17 bits per heavy atom. The van der Waals surface area contributed by atoms with E-state index in [1.165, 1.54) is 18.4 Å². The predicted molar refractivity (Wildman–Crippen MR) is 147 cm³/mol. The highest BCUT2D eigenvalue weighted by atomic mass is 32.2. The topological polar surface area (TPSA) is 46.9 Å². The van der Waals surface area contributed by atoms with Crippen LogP contribution in [0.5, 0.6) is 0 Å². The summed E-state index contributed by atoms with van der Waals surface area (Å²) < 4.78 is 2.28. The largest absolute Gasteiger partial charge is 0.351 e. The molecule has 180 valence electrons. The smallest absolute Gasteiger partial charge is 0.251 e. The van der Waals surface area contributed by atoms with Gasteiger partial charge in [-0.15, -0.1) is 0 Å². The zero-order valence-electron chi connectivity index (χ0n) is 20.5. The summed E-state index contributed by atoms with van der Waals surface area (Å²) >= 11 is 1.68. The van der Waals surface area contributed by atoms with Crippen molar-refractivity contribution in [2.45, 2.75) is 44.8 Å². The van der Waals surface area contributed by atoms with Gasteiger partial charge in [0.1, 0.15) is 0 Å². The summed E-state index contributed by atoms with van der Waals surface area (Å²) in [6.07, 6.45) is 3.42. The average molecular weight is 484 g/mol. The van der Waals surface area contributed by atoms with Crippen LogP contribution in [0.3, 0.4) is 0 Å². The number of amides is 1. The number of aryl methyl sites for hydroxylation is 1. The van der Waals surface area contributed by atoms with Crippen molar-refractivity contribution in [3.63, 3.8) is 0 Å².